The normalized spacial score (nSPS) is 10.6. The quantitative estimate of drug-likeness (QED) is 0.569. The first kappa shape index (κ1) is 15.0. The molecule has 0 atom stereocenters. The van der Waals surface area contributed by atoms with Crippen molar-refractivity contribution in [2.75, 3.05) is 0 Å². The molecule has 0 amide bonds. The first-order valence-electron chi connectivity index (χ1n) is 7.84. The van der Waals surface area contributed by atoms with Crippen molar-refractivity contribution >= 4 is 0 Å². The van der Waals surface area contributed by atoms with Crippen molar-refractivity contribution in [2.45, 2.75) is 6.92 Å². The fourth-order valence-electron chi connectivity index (χ4n) is 2.44. The topological polar surface area (TPSA) is 65.7 Å². The van der Waals surface area contributed by atoms with Crippen molar-refractivity contribution in [3.05, 3.63) is 78.8 Å². The minimum absolute atomic E-state index is 0.467. The predicted molar refractivity (Wildman–Crippen MR) is 93.6 cm³/mol. The number of pyridine rings is 3. The Morgan fingerprint density at radius 2 is 1.60 bits per heavy atom. The van der Waals surface area contributed by atoms with Gasteiger partial charge in [0.2, 0.25) is 11.8 Å². The Morgan fingerprint density at radius 3 is 2.36 bits per heavy atom. The number of hydrogen-bond acceptors (Lipinski definition) is 5. The number of aryl methyl sites for hydroxylation is 1. The second-order valence-electron chi connectivity index (χ2n) is 5.40. The minimum Gasteiger partial charge on any atom is -0.419 e. The van der Waals surface area contributed by atoms with Gasteiger partial charge in [-0.15, -0.1) is 5.10 Å². The van der Waals surface area contributed by atoms with Gasteiger partial charge >= 0.3 is 0 Å². The molecule has 0 fully saturated rings. The summed E-state index contributed by atoms with van der Waals surface area (Å²) in [7, 11) is 0. The highest BCUT2D eigenvalue weighted by Crippen LogP contribution is 2.23. The van der Waals surface area contributed by atoms with Gasteiger partial charge in [-0.05, 0) is 37.3 Å². The Balaban J connectivity index is 1.61. The average molecular weight is 329 g/mol. The molecule has 4 heterocycles. The van der Waals surface area contributed by atoms with Crippen LogP contribution in [0.2, 0.25) is 0 Å². The van der Waals surface area contributed by atoms with E-state index in [1.165, 1.54) is 0 Å². The molecule has 4 aromatic rings. The fraction of sp³-hybridized carbons (Fsp3) is 0.0526. The lowest BCUT2D eigenvalue weighted by molar-refractivity contribution is 0.440. The SMILES string of the molecule is Cc1cc(Oc2cccc(-c3ccccn3)n2)nn1-c1ccccn1. The summed E-state index contributed by atoms with van der Waals surface area (Å²) in [5.74, 6) is 1.67. The van der Waals surface area contributed by atoms with E-state index in [-0.39, 0.29) is 0 Å². The summed E-state index contributed by atoms with van der Waals surface area (Å²) in [5, 5.41) is 4.45. The largest absolute Gasteiger partial charge is 0.419 e. The van der Waals surface area contributed by atoms with Crippen LogP contribution in [-0.2, 0) is 0 Å². The van der Waals surface area contributed by atoms with Crippen LogP contribution in [0.1, 0.15) is 5.69 Å². The summed E-state index contributed by atoms with van der Waals surface area (Å²) < 4.78 is 7.56. The third kappa shape index (κ3) is 3.23. The molecule has 6 heteroatoms. The van der Waals surface area contributed by atoms with E-state index in [1.807, 2.05) is 61.5 Å². The van der Waals surface area contributed by atoms with Gasteiger partial charge in [-0.3, -0.25) is 4.98 Å². The van der Waals surface area contributed by atoms with Crippen molar-refractivity contribution < 1.29 is 4.74 Å². The van der Waals surface area contributed by atoms with Crippen molar-refractivity contribution in [3.63, 3.8) is 0 Å². The van der Waals surface area contributed by atoms with Crippen molar-refractivity contribution in [1.82, 2.24) is 24.7 Å². The molecule has 0 aliphatic heterocycles. The second-order valence-corrected chi connectivity index (χ2v) is 5.40. The first-order chi connectivity index (χ1) is 12.3. The molecule has 0 radical (unpaired) electrons. The number of nitrogens with zero attached hydrogens (tertiary/aromatic N) is 5. The molecule has 0 aliphatic rings. The van der Waals surface area contributed by atoms with Crippen LogP contribution in [0.4, 0.5) is 0 Å². The summed E-state index contributed by atoms with van der Waals surface area (Å²) in [6, 6.07) is 18.8. The molecule has 0 saturated carbocycles. The van der Waals surface area contributed by atoms with E-state index in [1.54, 1.807) is 23.1 Å². The number of ether oxygens (including phenoxy) is 1. The van der Waals surface area contributed by atoms with Gasteiger partial charge in [-0.2, -0.15) is 0 Å². The lowest BCUT2D eigenvalue weighted by Crippen LogP contribution is -2.01. The van der Waals surface area contributed by atoms with Gasteiger partial charge in [-0.25, -0.2) is 14.6 Å². The Hall–Kier alpha value is -3.54. The molecular weight excluding hydrogens is 314 g/mol. The number of hydrogen-bond donors (Lipinski definition) is 0. The van der Waals surface area contributed by atoms with Crippen LogP contribution in [-0.4, -0.2) is 24.7 Å². The fourth-order valence-corrected chi connectivity index (χ4v) is 2.44. The van der Waals surface area contributed by atoms with Crippen LogP contribution in [0.15, 0.2) is 73.1 Å². The number of rotatable bonds is 4. The zero-order valence-electron chi connectivity index (χ0n) is 13.6. The van der Waals surface area contributed by atoms with Crippen molar-refractivity contribution in [1.29, 1.82) is 0 Å². The monoisotopic (exact) mass is 329 g/mol. The molecule has 4 aromatic heterocycles. The van der Waals surface area contributed by atoms with Gasteiger partial charge in [-0.1, -0.05) is 18.2 Å². The van der Waals surface area contributed by atoms with Gasteiger partial charge in [0.15, 0.2) is 5.82 Å². The average Bonchev–Trinajstić information content (AvgIpc) is 3.03. The third-order valence-electron chi connectivity index (χ3n) is 3.59. The van der Waals surface area contributed by atoms with Gasteiger partial charge in [0.1, 0.15) is 0 Å². The summed E-state index contributed by atoms with van der Waals surface area (Å²) in [6.07, 6.45) is 3.47. The van der Waals surface area contributed by atoms with E-state index in [0.717, 1.165) is 22.9 Å². The molecule has 0 unspecified atom stereocenters. The summed E-state index contributed by atoms with van der Waals surface area (Å²) >= 11 is 0. The van der Waals surface area contributed by atoms with Crippen molar-refractivity contribution in [2.24, 2.45) is 0 Å². The smallest absolute Gasteiger partial charge is 0.240 e. The molecule has 0 spiro atoms. The van der Waals surface area contributed by atoms with Gasteiger partial charge in [0.05, 0.1) is 11.4 Å². The van der Waals surface area contributed by atoms with E-state index in [9.17, 15) is 0 Å². The summed E-state index contributed by atoms with van der Waals surface area (Å²) in [5.41, 5.74) is 2.47. The third-order valence-corrected chi connectivity index (χ3v) is 3.59. The van der Waals surface area contributed by atoms with Crippen LogP contribution >= 0.6 is 0 Å². The summed E-state index contributed by atoms with van der Waals surface area (Å²) in [4.78, 5) is 13.1. The highest BCUT2D eigenvalue weighted by atomic mass is 16.5. The Labute approximate surface area is 144 Å². The molecule has 0 saturated heterocycles. The predicted octanol–water partition coefficient (Wildman–Crippen LogP) is 3.83. The molecule has 0 aliphatic carbocycles. The highest BCUT2D eigenvalue weighted by Gasteiger charge is 2.10. The van der Waals surface area contributed by atoms with E-state index in [2.05, 4.69) is 20.1 Å². The van der Waals surface area contributed by atoms with E-state index in [0.29, 0.717) is 11.8 Å². The Kier molecular flexibility index (Phi) is 3.92. The standard InChI is InChI=1S/C19H15N5O/c1-14-13-19(23-24(14)17-9-3-5-12-21-17)25-18-10-6-8-16(22-18)15-7-2-4-11-20-15/h2-13H,1H3. The van der Waals surface area contributed by atoms with E-state index < -0.39 is 0 Å². The van der Waals surface area contributed by atoms with Crippen LogP contribution < -0.4 is 4.74 Å². The molecule has 4 rings (SSSR count). The minimum atomic E-state index is 0.467. The Bertz CT molecular complexity index is 983. The van der Waals surface area contributed by atoms with Crippen LogP contribution in [0.5, 0.6) is 11.8 Å². The maximum Gasteiger partial charge on any atom is 0.240 e. The molecular formula is C19H15N5O. The molecule has 0 bridgehead atoms. The molecule has 0 aromatic carbocycles. The maximum atomic E-state index is 5.82. The molecule has 25 heavy (non-hydrogen) atoms. The van der Waals surface area contributed by atoms with Crippen LogP contribution in [0, 0.1) is 6.92 Å². The van der Waals surface area contributed by atoms with Gasteiger partial charge in [0.25, 0.3) is 0 Å². The summed E-state index contributed by atoms with van der Waals surface area (Å²) in [6.45, 7) is 1.95. The maximum absolute atomic E-state index is 5.82. The van der Waals surface area contributed by atoms with Crippen LogP contribution in [0.3, 0.4) is 0 Å². The number of aromatic nitrogens is 5. The Morgan fingerprint density at radius 1 is 0.800 bits per heavy atom. The molecule has 6 nitrogen and oxygen atoms in total. The zero-order chi connectivity index (χ0) is 17.1. The van der Waals surface area contributed by atoms with E-state index >= 15 is 0 Å². The van der Waals surface area contributed by atoms with Crippen molar-refractivity contribution in [3.8, 4) is 29.0 Å². The first-order valence-corrected chi connectivity index (χ1v) is 7.84. The molecule has 122 valence electrons. The lowest BCUT2D eigenvalue weighted by Gasteiger charge is -2.04. The highest BCUT2D eigenvalue weighted by molar-refractivity contribution is 5.54. The van der Waals surface area contributed by atoms with E-state index in [4.69, 9.17) is 4.74 Å². The van der Waals surface area contributed by atoms with Gasteiger partial charge in [0, 0.05) is 30.2 Å². The van der Waals surface area contributed by atoms with Crippen LogP contribution in [0.25, 0.3) is 17.2 Å². The zero-order valence-corrected chi connectivity index (χ0v) is 13.6. The molecule has 0 N–H and O–H groups in total. The lowest BCUT2D eigenvalue weighted by atomic mass is 10.2. The van der Waals surface area contributed by atoms with Gasteiger partial charge < -0.3 is 4.74 Å². The second kappa shape index (κ2) is 6.52.